The maximum absolute atomic E-state index is 9.55. The molecule has 1 N–H and O–H groups in total. The number of rotatable bonds is 19. The zero-order chi connectivity index (χ0) is 21.3. The van der Waals surface area contributed by atoms with Crippen molar-refractivity contribution in [2.24, 2.45) is 0 Å². The van der Waals surface area contributed by atoms with Crippen molar-refractivity contribution < 1.29 is 33.5 Å². The summed E-state index contributed by atoms with van der Waals surface area (Å²) in [5.41, 5.74) is 2.05. The van der Waals surface area contributed by atoms with Crippen LogP contribution in [0.25, 0.3) is 0 Å². The van der Waals surface area contributed by atoms with E-state index in [9.17, 15) is 5.11 Å². The smallest absolute Gasteiger partial charge is 0.154 e. The number of hydrogen-bond acceptors (Lipinski definition) is 7. The first-order valence-electron chi connectivity index (χ1n) is 10.2. The third-order valence-corrected chi connectivity index (χ3v) is 9.84. The molecule has 0 saturated heterocycles. The summed E-state index contributed by atoms with van der Waals surface area (Å²) in [6, 6.07) is 3.13. The summed E-state index contributed by atoms with van der Waals surface area (Å²) < 4.78 is 32.3. The number of aliphatic hydroxyl groups is 1. The van der Waals surface area contributed by atoms with Gasteiger partial charge in [0.15, 0.2) is 18.9 Å². The molecule has 0 fully saturated rings. The highest BCUT2D eigenvalue weighted by Crippen LogP contribution is 2.28. The normalized spacial score (nSPS) is 17.5. The molecule has 3 atom stereocenters. The van der Waals surface area contributed by atoms with Crippen LogP contribution in [-0.2, 0) is 28.4 Å². The molecule has 3 unspecified atom stereocenters. The molecule has 168 valence electrons. The Bertz CT molecular complexity index is 336. The summed E-state index contributed by atoms with van der Waals surface area (Å²) in [4.78, 5) is 0. The molecule has 8 heteroatoms. The third-order valence-electron chi connectivity index (χ3n) is 4.94. The van der Waals surface area contributed by atoms with Crippen LogP contribution in [0.15, 0.2) is 12.0 Å². The van der Waals surface area contributed by atoms with Gasteiger partial charge >= 0.3 is 0 Å². The Kier molecular flexibility index (Phi) is 17.1. The van der Waals surface area contributed by atoms with Crippen molar-refractivity contribution in [2.45, 2.75) is 77.0 Å². The van der Waals surface area contributed by atoms with Gasteiger partial charge in [0.05, 0.1) is 14.3 Å². The molecule has 28 heavy (non-hydrogen) atoms. The lowest BCUT2D eigenvalue weighted by molar-refractivity contribution is -0.110. The molecule has 0 saturated carbocycles. The van der Waals surface area contributed by atoms with E-state index < -0.39 is 8.07 Å². The molecule has 0 spiro atoms. The maximum atomic E-state index is 9.55. The monoisotopic (exact) mass is 422 g/mol. The molecule has 0 rings (SSSR count). The van der Waals surface area contributed by atoms with Crippen LogP contribution < -0.4 is 0 Å². The van der Waals surface area contributed by atoms with E-state index in [4.69, 9.17) is 28.4 Å². The van der Waals surface area contributed by atoms with Crippen LogP contribution in [0.4, 0.5) is 0 Å². The van der Waals surface area contributed by atoms with E-state index in [1.165, 1.54) is 6.26 Å². The lowest BCUT2D eigenvalue weighted by atomic mass is 10.5. The van der Waals surface area contributed by atoms with Crippen molar-refractivity contribution in [3.05, 3.63) is 12.0 Å². The van der Waals surface area contributed by atoms with Crippen LogP contribution in [-0.4, -0.2) is 73.2 Å². The van der Waals surface area contributed by atoms with Crippen molar-refractivity contribution in [3.8, 4) is 0 Å². The molecular weight excluding hydrogens is 380 g/mol. The molecule has 0 aliphatic heterocycles. The van der Waals surface area contributed by atoms with Crippen LogP contribution >= 0.6 is 0 Å². The van der Waals surface area contributed by atoms with E-state index >= 15 is 0 Å². The Morgan fingerprint density at radius 1 is 0.679 bits per heavy atom. The number of ether oxygens (including phenoxy) is 6. The lowest BCUT2D eigenvalue weighted by Crippen LogP contribution is -2.33. The van der Waals surface area contributed by atoms with Gasteiger partial charge in [0.2, 0.25) is 0 Å². The fourth-order valence-corrected chi connectivity index (χ4v) is 7.12. The second-order valence-electron chi connectivity index (χ2n) is 7.01. The SMILES string of the molecule is COC(C)OCCC[Si](C=CO)(CCCOC(C)OC)CCCOC(C)OC. The van der Waals surface area contributed by atoms with E-state index in [1.54, 1.807) is 21.3 Å². The Hall–Kier alpha value is -0.483. The lowest BCUT2D eigenvalue weighted by Gasteiger charge is -2.29. The minimum Gasteiger partial charge on any atom is -0.516 e. The largest absolute Gasteiger partial charge is 0.516 e. The second kappa shape index (κ2) is 17.4. The molecule has 0 aliphatic carbocycles. The minimum absolute atomic E-state index is 0.197. The molecule has 0 amide bonds. The van der Waals surface area contributed by atoms with Gasteiger partial charge in [-0.25, -0.2) is 0 Å². The topological polar surface area (TPSA) is 75.6 Å². The van der Waals surface area contributed by atoms with Crippen molar-refractivity contribution >= 4 is 8.07 Å². The van der Waals surface area contributed by atoms with Gasteiger partial charge in [0, 0.05) is 41.2 Å². The predicted molar refractivity (Wildman–Crippen MR) is 113 cm³/mol. The van der Waals surface area contributed by atoms with E-state index in [0.29, 0.717) is 19.8 Å². The Morgan fingerprint density at radius 3 is 1.25 bits per heavy atom. The summed E-state index contributed by atoms with van der Waals surface area (Å²) in [7, 11) is 3.08. The van der Waals surface area contributed by atoms with Crippen molar-refractivity contribution in [2.75, 3.05) is 41.2 Å². The van der Waals surface area contributed by atoms with E-state index in [2.05, 4.69) is 0 Å². The summed E-state index contributed by atoms with van der Waals surface area (Å²) in [6.45, 7) is 7.62. The van der Waals surface area contributed by atoms with Crippen LogP contribution in [0.5, 0.6) is 0 Å². The molecule has 0 radical (unpaired) electrons. The molecule has 0 heterocycles. The van der Waals surface area contributed by atoms with E-state index in [-0.39, 0.29) is 18.9 Å². The third kappa shape index (κ3) is 13.7. The molecule has 0 aromatic carbocycles. The number of hydrogen-bond donors (Lipinski definition) is 1. The highest BCUT2D eigenvalue weighted by atomic mass is 28.3. The predicted octanol–water partition coefficient (Wildman–Crippen LogP) is 4.24. The summed E-state index contributed by atoms with van der Waals surface area (Å²) in [5.74, 6) is 0. The van der Waals surface area contributed by atoms with Gasteiger partial charge in [-0.1, -0.05) is 23.8 Å². The molecule has 7 nitrogen and oxygen atoms in total. The van der Waals surface area contributed by atoms with Crippen molar-refractivity contribution in [1.82, 2.24) is 0 Å². The zero-order valence-electron chi connectivity index (χ0n) is 18.6. The quantitative estimate of drug-likeness (QED) is 0.144. The average Bonchev–Trinajstić information content (AvgIpc) is 2.71. The Morgan fingerprint density at radius 2 is 1.00 bits per heavy atom. The average molecular weight is 423 g/mol. The fraction of sp³-hybridized carbons (Fsp3) is 0.900. The van der Waals surface area contributed by atoms with Gasteiger partial charge in [0.1, 0.15) is 0 Å². The Balaban J connectivity index is 4.69. The van der Waals surface area contributed by atoms with Crippen LogP contribution in [0.2, 0.25) is 18.1 Å². The first-order valence-corrected chi connectivity index (χ1v) is 12.9. The molecule has 0 bridgehead atoms. The van der Waals surface area contributed by atoms with Gasteiger partial charge in [-0.3, -0.25) is 0 Å². The van der Waals surface area contributed by atoms with Crippen molar-refractivity contribution in [1.29, 1.82) is 0 Å². The zero-order valence-corrected chi connectivity index (χ0v) is 19.6. The van der Waals surface area contributed by atoms with Gasteiger partial charge in [-0.15, -0.1) is 0 Å². The number of methoxy groups -OCH3 is 3. The fourth-order valence-electron chi connectivity index (χ4n) is 3.01. The van der Waals surface area contributed by atoms with E-state index in [0.717, 1.165) is 37.4 Å². The van der Waals surface area contributed by atoms with Crippen molar-refractivity contribution in [3.63, 3.8) is 0 Å². The minimum atomic E-state index is -1.84. The van der Waals surface area contributed by atoms with Gasteiger partial charge in [0.25, 0.3) is 0 Å². The van der Waals surface area contributed by atoms with Crippen LogP contribution in [0.3, 0.4) is 0 Å². The molecule has 0 aromatic rings. The van der Waals surface area contributed by atoms with Gasteiger partial charge in [-0.2, -0.15) is 0 Å². The van der Waals surface area contributed by atoms with Crippen LogP contribution in [0.1, 0.15) is 40.0 Å². The summed E-state index contributed by atoms with van der Waals surface area (Å²) in [6.07, 6.45) is 3.45. The molecular formula is C20H42O7Si. The molecule has 0 aromatic heterocycles. The molecule has 0 aliphatic rings. The summed E-state index contributed by atoms with van der Waals surface area (Å²) in [5, 5.41) is 9.55. The second-order valence-corrected chi connectivity index (χ2v) is 11.6. The highest BCUT2D eigenvalue weighted by Gasteiger charge is 2.29. The van der Waals surface area contributed by atoms with Crippen LogP contribution in [0, 0.1) is 0 Å². The maximum Gasteiger partial charge on any atom is 0.154 e. The highest BCUT2D eigenvalue weighted by molar-refractivity contribution is 6.84. The van der Waals surface area contributed by atoms with E-state index in [1.807, 2.05) is 26.5 Å². The standard InChI is InChI=1S/C20H42O7Si/c1-18(22-4)25-11-7-14-28(17-10-21,15-8-12-26-19(2)23-5)16-9-13-27-20(3)24-6/h10,17-21H,7-9,11-16H2,1-6H3. The van der Waals surface area contributed by atoms with Gasteiger partial charge in [-0.05, 0) is 40.0 Å². The summed E-state index contributed by atoms with van der Waals surface area (Å²) >= 11 is 0. The Labute approximate surface area is 172 Å². The van der Waals surface area contributed by atoms with Gasteiger partial charge < -0.3 is 33.5 Å². The first-order chi connectivity index (χ1) is 13.4. The first kappa shape index (κ1) is 27.5. The number of aliphatic hydroxyl groups excluding tert-OH is 1.